The second kappa shape index (κ2) is 4.83. The number of hydrogen-bond acceptors (Lipinski definition) is 2. The fraction of sp³-hybridized carbons (Fsp3) is 0.500. The molecule has 1 aromatic rings. The highest BCUT2D eigenvalue weighted by molar-refractivity contribution is 6.32. The van der Waals surface area contributed by atoms with E-state index in [2.05, 4.69) is 11.9 Å². The lowest BCUT2D eigenvalue weighted by atomic mass is 10.00. The Hall–Kier alpha value is -1.09. The smallest absolute Gasteiger partial charge is 0.256 e. The number of amides is 1. The molecule has 86 valence electrons. The van der Waals surface area contributed by atoms with E-state index >= 15 is 0 Å². The maximum absolute atomic E-state index is 12.2. The molecule has 2 heterocycles. The monoisotopic (exact) mass is 238 g/mol. The van der Waals surface area contributed by atoms with E-state index in [1.54, 1.807) is 18.3 Å². The van der Waals surface area contributed by atoms with Crippen LogP contribution >= 0.6 is 11.6 Å². The quantitative estimate of drug-likeness (QED) is 0.705. The summed E-state index contributed by atoms with van der Waals surface area (Å²) in [5.41, 5.74) is 0.512. The molecule has 3 nitrogen and oxygen atoms in total. The number of carbonyl (C=O) groups is 1. The summed E-state index contributed by atoms with van der Waals surface area (Å²) < 4.78 is 0. The van der Waals surface area contributed by atoms with Crippen LogP contribution in [-0.4, -0.2) is 28.9 Å². The molecule has 1 aromatic heterocycles. The van der Waals surface area contributed by atoms with Crippen LogP contribution in [0.2, 0.25) is 5.15 Å². The van der Waals surface area contributed by atoms with Crippen molar-refractivity contribution in [3.63, 3.8) is 0 Å². The summed E-state index contributed by atoms with van der Waals surface area (Å²) in [4.78, 5) is 18.0. The molecular weight excluding hydrogens is 224 g/mol. The Balaban J connectivity index is 2.16. The molecule has 16 heavy (non-hydrogen) atoms. The minimum atomic E-state index is 0.00431. The Morgan fingerprint density at radius 3 is 3.12 bits per heavy atom. The van der Waals surface area contributed by atoms with Crippen LogP contribution in [0.15, 0.2) is 18.3 Å². The molecule has 1 atom stereocenters. The number of pyridine rings is 1. The summed E-state index contributed by atoms with van der Waals surface area (Å²) in [6, 6.07) is 3.48. The first-order valence-electron chi connectivity index (χ1n) is 5.58. The van der Waals surface area contributed by atoms with Crippen LogP contribution < -0.4 is 0 Å². The first kappa shape index (κ1) is 11.4. The molecule has 1 saturated heterocycles. The first-order valence-corrected chi connectivity index (χ1v) is 5.96. The minimum Gasteiger partial charge on any atom is -0.338 e. The third kappa shape index (κ3) is 2.35. The molecule has 0 aliphatic carbocycles. The predicted molar refractivity (Wildman–Crippen MR) is 63.5 cm³/mol. The number of carbonyl (C=O) groups excluding carboxylic acids is 1. The van der Waals surface area contributed by atoms with Gasteiger partial charge in [0.15, 0.2) is 0 Å². The Morgan fingerprint density at radius 2 is 2.44 bits per heavy atom. The van der Waals surface area contributed by atoms with Crippen LogP contribution in [0.1, 0.15) is 30.1 Å². The summed E-state index contributed by atoms with van der Waals surface area (Å²) in [5.74, 6) is 0.581. The number of likely N-dealkylation sites (tertiary alicyclic amines) is 1. The lowest BCUT2D eigenvalue weighted by Crippen LogP contribution is -2.39. The van der Waals surface area contributed by atoms with Gasteiger partial charge in [-0.3, -0.25) is 4.79 Å². The topological polar surface area (TPSA) is 33.2 Å². The van der Waals surface area contributed by atoms with E-state index in [9.17, 15) is 4.79 Å². The van der Waals surface area contributed by atoms with Gasteiger partial charge in [0.2, 0.25) is 0 Å². The SMILES string of the molecule is C[C@@H]1CCCN(C(=O)c2cccnc2Cl)C1. The molecule has 0 spiro atoms. The maximum Gasteiger partial charge on any atom is 0.256 e. The first-order chi connectivity index (χ1) is 7.68. The zero-order chi connectivity index (χ0) is 11.5. The van der Waals surface area contributed by atoms with Gasteiger partial charge in [-0.1, -0.05) is 18.5 Å². The number of hydrogen-bond donors (Lipinski definition) is 0. The van der Waals surface area contributed by atoms with E-state index in [0.29, 0.717) is 16.6 Å². The zero-order valence-corrected chi connectivity index (χ0v) is 10.1. The average molecular weight is 239 g/mol. The minimum absolute atomic E-state index is 0.00431. The van der Waals surface area contributed by atoms with Gasteiger partial charge in [0.25, 0.3) is 5.91 Å². The Labute approximate surface area is 100 Å². The van der Waals surface area contributed by atoms with Crippen molar-refractivity contribution < 1.29 is 4.79 Å². The lowest BCUT2D eigenvalue weighted by molar-refractivity contribution is 0.0683. The molecule has 1 fully saturated rings. The van der Waals surface area contributed by atoms with E-state index in [1.165, 1.54) is 6.42 Å². The Bertz CT molecular complexity index is 394. The number of halogens is 1. The second-order valence-electron chi connectivity index (χ2n) is 4.34. The van der Waals surface area contributed by atoms with Crippen molar-refractivity contribution >= 4 is 17.5 Å². The average Bonchev–Trinajstić information content (AvgIpc) is 2.29. The molecule has 2 rings (SSSR count). The van der Waals surface area contributed by atoms with Gasteiger partial charge in [-0.2, -0.15) is 0 Å². The van der Waals surface area contributed by atoms with E-state index < -0.39 is 0 Å². The van der Waals surface area contributed by atoms with E-state index in [0.717, 1.165) is 19.5 Å². The largest absolute Gasteiger partial charge is 0.338 e. The van der Waals surface area contributed by atoms with Crippen molar-refractivity contribution in [3.05, 3.63) is 29.0 Å². The van der Waals surface area contributed by atoms with Gasteiger partial charge >= 0.3 is 0 Å². The van der Waals surface area contributed by atoms with Crippen molar-refractivity contribution in [1.82, 2.24) is 9.88 Å². The second-order valence-corrected chi connectivity index (χ2v) is 4.70. The number of piperidine rings is 1. The summed E-state index contributed by atoms with van der Waals surface area (Å²) in [6.07, 6.45) is 3.87. The van der Waals surface area contributed by atoms with Crippen LogP contribution in [0.3, 0.4) is 0 Å². The van der Waals surface area contributed by atoms with Crippen LogP contribution in [-0.2, 0) is 0 Å². The highest BCUT2D eigenvalue weighted by atomic mass is 35.5. The van der Waals surface area contributed by atoms with Gasteiger partial charge in [0.1, 0.15) is 5.15 Å². The molecule has 0 unspecified atom stereocenters. The molecule has 0 N–H and O–H groups in total. The van der Waals surface area contributed by atoms with Crippen LogP contribution in [0.4, 0.5) is 0 Å². The van der Waals surface area contributed by atoms with Crippen LogP contribution in [0.25, 0.3) is 0 Å². The predicted octanol–water partition coefficient (Wildman–Crippen LogP) is 2.61. The highest BCUT2D eigenvalue weighted by Crippen LogP contribution is 2.20. The molecule has 0 bridgehead atoms. The maximum atomic E-state index is 12.2. The van der Waals surface area contributed by atoms with Gasteiger partial charge in [0, 0.05) is 19.3 Å². The van der Waals surface area contributed by atoms with E-state index in [4.69, 9.17) is 11.6 Å². The van der Waals surface area contributed by atoms with Crippen molar-refractivity contribution in [2.75, 3.05) is 13.1 Å². The lowest BCUT2D eigenvalue weighted by Gasteiger charge is -2.31. The molecule has 0 saturated carbocycles. The molecule has 1 amide bonds. The normalized spacial score (nSPS) is 20.9. The van der Waals surface area contributed by atoms with Gasteiger partial charge in [0.05, 0.1) is 5.56 Å². The van der Waals surface area contributed by atoms with Gasteiger partial charge < -0.3 is 4.90 Å². The molecular formula is C12H15ClN2O. The fourth-order valence-corrected chi connectivity index (χ4v) is 2.29. The van der Waals surface area contributed by atoms with Gasteiger partial charge in [-0.05, 0) is 30.9 Å². The van der Waals surface area contributed by atoms with Gasteiger partial charge in [-0.25, -0.2) is 4.98 Å². The Kier molecular flexibility index (Phi) is 3.44. The van der Waals surface area contributed by atoms with E-state index in [-0.39, 0.29) is 5.91 Å². The van der Waals surface area contributed by atoms with Crippen molar-refractivity contribution in [2.24, 2.45) is 5.92 Å². The van der Waals surface area contributed by atoms with Crippen molar-refractivity contribution in [2.45, 2.75) is 19.8 Å². The van der Waals surface area contributed by atoms with Crippen molar-refractivity contribution in [1.29, 1.82) is 0 Å². The molecule has 1 aliphatic rings. The fourth-order valence-electron chi connectivity index (χ4n) is 2.09. The summed E-state index contributed by atoms with van der Waals surface area (Å²) >= 11 is 5.92. The van der Waals surface area contributed by atoms with E-state index in [1.807, 2.05) is 4.90 Å². The highest BCUT2D eigenvalue weighted by Gasteiger charge is 2.23. The standard InChI is InChI=1S/C12H15ClN2O/c1-9-4-3-7-15(8-9)12(16)10-5-2-6-14-11(10)13/h2,5-6,9H,3-4,7-8H2,1H3/t9-/m1/s1. The molecule has 4 heteroatoms. The van der Waals surface area contributed by atoms with Crippen LogP contribution in [0, 0.1) is 5.92 Å². The Morgan fingerprint density at radius 1 is 1.62 bits per heavy atom. The number of nitrogens with zero attached hydrogens (tertiary/aromatic N) is 2. The third-order valence-electron chi connectivity index (χ3n) is 2.93. The summed E-state index contributed by atoms with van der Waals surface area (Å²) in [5, 5.41) is 0.297. The van der Waals surface area contributed by atoms with Crippen LogP contribution in [0.5, 0.6) is 0 Å². The summed E-state index contributed by atoms with van der Waals surface area (Å²) in [7, 11) is 0. The van der Waals surface area contributed by atoms with Crippen molar-refractivity contribution in [3.8, 4) is 0 Å². The molecule has 0 radical (unpaired) electrons. The number of rotatable bonds is 1. The molecule has 1 aliphatic heterocycles. The zero-order valence-electron chi connectivity index (χ0n) is 9.32. The third-order valence-corrected chi connectivity index (χ3v) is 3.23. The number of aromatic nitrogens is 1. The molecule has 0 aromatic carbocycles. The summed E-state index contributed by atoms with van der Waals surface area (Å²) in [6.45, 7) is 3.82. The van der Waals surface area contributed by atoms with Gasteiger partial charge in [-0.15, -0.1) is 0 Å².